The molecule has 0 aliphatic rings. The molecule has 0 heterocycles. The fraction of sp³-hybridized carbons (Fsp3) is 0.333. The zero-order valence-corrected chi connectivity index (χ0v) is 7.36. The lowest BCUT2D eigenvalue weighted by molar-refractivity contribution is -0.479. The van der Waals surface area contributed by atoms with Gasteiger partial charge in [-0.15, -0.1) is 0 Å². The van der Waals surface area contributed by atoms with Crippen molar-refractivity contribution >= 4 is 0 Å². The zero-order chi connectivity index (χ0) is 9.84. The van der Waals surface area contributed by atoms with E-state index in [1.807, 2.05) is 13.0 Å². The largest absolute Gasteiger partial charge is 0.508 e. The van der Waals surface area contributed by atoms with E-state index < -0.39 is 0 Å². The maximum Gasteiger partial charge on any atom is 0.208 e. The quantitative estimate of drug-likeness (QED) is 0.568. The molecule has 0 spiro atoms. The summed E-state index contributed by atoms with van der Waals surface area (Å²) in [5.74, 6) is 0.141. The third-order valence-corrected chi connectivity index (χ3v) is 1.80. The highest BCUT2D eigenvalue weighted by atomic mass is 16.6. The summed E-state index contributed by atoms with van der Waals surface area (Å²) < 4.78 is 0. The monoisotopic (exact) mass is 181 g/mol. The van der Waals surface area contributed by atoms with Crippen molar-refractivity contribution in [3.8, 4) is 5.75 Å². The van der Waals surface area contributed by atoms with Crippen LogP contribution in [-0.4, -0.2) is 16.6 Å². The van der Waals surface area contributed by atoms with E-state index in [0.717, 1.165) is 5.56 Å². The molecule has 4 heteroatoms. The fourth-order valence-electron chi connectivity index (χ4n) is 1.10. The highest BCUT2D eigenvalue weighted by Crippen LogP contribution is 2.18. The van der Waals surface area contributed by atoms with Gasteiger partial charge in [-0.05, 0) is 18.6 Å². The first-order valence-corrected chi connectivity index (χ1v) is 4.00. The smallest absolute Gasteiger partial charge is 0.208 e. The predicted octanol–water partition coefficient (Wildman–Crippen LogP) is 1.52. The highest BCUT2D eigenvalue weighted by Gasteiger charge is 2.04. The van der Waals surface area contributed by atoms with E-state index in [-0.39, 0.29) is 23.6 Å². The lowest BCUT2D eigenvalue weighted by atomic mass is 10.1. The lowest BCUT2D eigenvalue weighted by Crippen LogP contribution is -2.04. The first-order chi connectivity index (χ1) is 6.09. The molecule has 1 aromatic carbocycles. The number of phenolic OH excluding ortho intramolecular Hbond substituents is 1. The van der Waals surface area contributed by atoms with Crippen molar-refractivity contribution in [3.63, 3.8) is 0 Å². The van der Waals surface area contributed by atoms with Gasteiger partial charge in [-0.2, -0.15) is 0 Å². The van der Waals surface area contributed by atoms with Gasteiger partial charge < -0.3 is 5.11 Å². The second kappa shape index (κ2) is 3.89. The molecule has 0 bridgehead atoms. The van der Waals surface area contributed by atoms with Gasteiger partial charge in [-0.25, -0.2) is 0 Å². The van der Waals surface area contributed by atoms with E-state index in [4.69, 9.17) is 0 Å². The number of aryl methyl sites for hydroxylation is 1. The minimum atomic E-state index is -0.390. The number of hydrogen-bond donors (Lipinski definition) is 1. The molecule has 1 rings (SSSR count). The maximum atomic E-state index is 10.1. The number of rotatable bonds is 3. The third kappa shape index (κ3) is 2.74. The Balaban J connectivity index is 2.72. The van der Waals surface area contributed by atoms with Crippen LogP contribution < -0.4 is 0 Å². The Bertz CT molecular complexity index is 323. The summed E-state index contributed by atoms with van der Waals surface area (Å²) >= 11 is 0. The van der Waals surface area contributed by atoms with Crippen LogP contribution in [0.15, 0.2) is 18.2 Å². The summed E-state index contributed by atoms with van der Waals surface area (Å²) in [6.45, 7) is 1.72. The minimum Gasteiger partial charge on any atom is -0.508 e. The fourth-order valence-corrected chi connectivity index (χ4v) is 1.10. The zero-order valence-electron chi connectivity index (χ0n) is 7.36. The second-order valence-corrected chi connectivity index (χ2v) is 2.94. The SMILES string of the molecule is Cc1ccc(CC[N+](=O)[O-])c(O)c1. The van der Waals surface area contributed by atoms with Crippen molar-refractivity contribution < 1.29 is 10.0 Å². The molecule has 1 N–H and O–H groups in total. The van der Waals surface area contributed by atoms with Crippen LogP contribution in [0.2, 0.25) is 0 Å². The molecule has 0 aliphatic heterocycles. The average Bonchev–Trinajstić information content (AvgIpc) is 2.02. The van der Waals surface area contributed by atoms with Crippen LogP contribution >= 0.6 is 0 Å². The van der Waals surface area contributed by atoms with Crippen LogP contribution in [0.3, 0.4) is 0 Å². The molecule has 1 aromatic rings. The van der Waals surface area contributed by atoms with Gasteiger partial charge in [0.05, 0.1) is 0 Å². The molecule has 0 atom stereocenters. The predicted molar refractivity (Wildman–Crippen MR) is 48.4 cm³/mol. The number of nitro groups is 1. The number of phenols is 1. The molecular formula is C9H11NO3. The molecule has 0 fully saturated rings. The Morgan fingerprint density at radius 1 is 1.54 bits per heavy atom. The first-order valence-electron chi connectivity index (χ1n) is 4.00. The summed E-state index contributed by atoms with van der Waals surface area (Å²) in [6, 6.07) is 5.15. The molecule has 0 aliphatic carbocycles. The molecule has 0 amide bonds. The summed E-state index contributed by atoms with van der Waals surface area (Å²) in [6.07, 6.45) is 0.277. The Morgan fingerprint density at radius 3 is 2.77 bits per heavy atom. The van der Waals surface area contributed by atoms with E-state index in [2.05, 4.69) is 0 Å². The Labute approximate surface area is 76.0 Å². The highest BCUT2D eigenvalue weighted by molar-refractivity contribution is 5.35. The maximum absolute atomic E-state index is 10.1. The van der Waals surface area contributed by atoms with E-state index in [9.17, 15) is 15.2 Å². The molecule has 0 radical (unpaired) electrons. The molecule has 13 heavy (non-hydrogen) atoms. The van der Waals surface area contributed by atoms with Crippen LogP contribution in [0.25, 0.3) is 0 Å². The summed E-state index contributed by atoms with van der Waals surface area (Å²) in [7, 11) is 0. The summed E-state index contributed by atoms with van der Waals surface area (Å²) in [4.78, 5) is 9.69. The van der Waals surface area contributed by atoms with Crippen molar-refractivity contribution in [3.05, 3.63) is 39.4 Å². The van der Waals surface area contributed by atoms with Crippen molar-refractivity contribution in [2.24, 2.45) is 0 Å². The topological polar surface area (TPSA) is 63.4 Å². The van der Waals surface area contributed by atoms with E-state index in [1.165, 1.54) is 0 Å². The van der Waals surface area contributed by atoms with Crippen molar-refractivity contribution in [1.29, 1.82) is 0 Å². The van der Waals surface area contributed by atoms with Crippen LogP contribution in [0.5, 0.6) is 5.75 Å². The standard InChI is InChI=1S/C9H11NO3/c1-7-2-3-8(9(11)6-7)4-5-10(12)13/h2-3,6,11H,4-5H2,1H3. The van der Waals surface area contributed by atoms with Gasteiger partial charge in [0.1, 0.15) is 5.75 Å². The van der Waals surface area contributed by atoms with Crippen molar-refractivity contribution in [1.82, 2.24) is 0 Å². The average molecular weight is 181 g/mol. The first kappa shape index (κ1) is 9.51. The molecule has 0 saturated heterocycles. The van der Waals surface area contributed by atoms with Crippen molar-refractivity contribution in [2.75, 3.05) is 6.54 Å². The van der Waals surface area contributed by atoms with Crippen LogP contribution in [0.1, 0.15) is 11.1 Å². The number of benzene rings is 1. The van der Waals surface area contributed by atoms with Gasteiger partial charge in [0.2, 0.25) is 6.54 Å². The van der Waals surface area contributed by atoms with Crippen LogP contribution in [-0.2, 0) is 6.42 Å². The van der Waals surface area contributed by atoms with Crippen LogP contribution in [0.4, 0.5) is 0 Å². The molecule has 0 saturated carbocycles. The Kier molecular flexibility index (Phi) is 2.84. The lowest BCUT2D eigenvalue weighted by Gasteiger charge is -2.02. The molecule has 0 unspecified atom stereocenters. The molecule has 70 valence electrons. The van der Waals surface area contributed by atoms with Crippen molar-refractivity contribution in [2.45, 2.75) is 13.3 Å². The molecule has 0 aromatic heterocycles. The number of hydrogen-bond acceptors (Lipinski definition) is 3. The number of nitrogens with zero attached hydrogens (tertiary/aromatic N) is 1. The van der Waals surface area contributed by atoms with E-state index in [0.29, 0.717) is 5.56 Å². The van der Waals surface area contributed by atoms with E-state index >= 15 is 0 Å². The van der Waals surface area contributed by atoms with Gasteiger partial charge in [0.25, 0.3) is 0 Å². The van der Waals surface area contributed by atoms with Gasteiger partial charge in [-0.3, -0.25) is 10.1 Å². The normalized spacial score (nSPS) is 9.92. The number of aromatic hydroxyl groups is 1. The molecular weight excluding hydrogens is 170 g/mol. The third-order valence-electron chi connectivity index (χ3n) is 1.80. The van der Waals surface area contributed by atoms with Gasteiger partial charge in [0.15, 0.2) is 0 Å². The van der Waals surface area contributed by atoms with Gasteiger partial charge in [0, 0.05) is 16.9 Å². The summed E-state index contributed by atoms with van der Waals surface area (Å²) in [5, 5.41) is 19.5. The Hall–Kier alpha value is -1.58. The minimum absolute atomic E-state index is 0.141. The molecule has 4 nitrogen and oxygen atoms in total. The van der Waals surface area contributed by atoms with E-state index in [1.54, 1.807) is 12.1 Å². The van der Waals surface area contributed by atoms with Gasteiger partial charge in [-0.1, -0.05) is 12.1 Å². The van der Waals surface area contributed by atoms with Crippen LogP contribution in [0, 0.1) is 17.0 Å². The summed E-state index contributed by atoms with van der Waals surface area (Å²) in [5.41, 5.74) is 1.57. The van der Waals surface area contributed by atoms with Gasteiger partial charge >= 0.3 is 0 Å². The second-order valence-electron chi connectivity index (χ2n) is 2.94. The Morgan fingerprint density at radius 2 is 2.23 bits per heavy atom.